The molecule has 0 amide bonds. The molecular formula is C11H15N5O2. The normalized spacial score (nSPS) is 21.3. The highest BCUT2D eigenvalue weighted by atomic mass is 16.5. The van der Waals surface area contributed by atoms with Gasteiger partial charge in [-0.25, -0.2) is 0 Å². The van der Waals surface area contributed by atoms with E-state index in [1.807, 2.05) is 13.2 Å². The summed E-state index contributed by atoms with van der Waals surface area (Å²) in [6, 6.07) is -0.443. The first-order chi connectivity index (χ1) is 8.74. The van der Waals surface area contributed by atoms with Crippen LogP contribution in [-0.4, -0.2) is 26.5 Å². The van der Waals surface area contributed by atoms with Crippen molar-refractivity contribution in [2.24, 2.45) is 12.8 Å². The second-order valence-corrected chi connectivity index (χ2v) is 4.42. The van der Waals surface area contributed by atoms with E-state index in [0.717, 1.165) is 25.0 Å². The molecule has 2 N–H and O–H groups in total. The third kappa shape index (κ3) is 2.02. The van der Waals surface area contributed by atoms with Crippen LogP contribution in [0.1, 0.15) is 42.3 Å². The van der Waals surface area contributed by atoms with Crippen LogP contribution < -0.4 is 5.73 Å². The molecule has 0 spiro atoms. The lowest BCUT2D eigenvalue weighted by Crippen LogP contribution is -2.12. The molecule has 7 nitrogen and oxygen atoms in total. The average molecular weight is 249 g/mol. The summed E-state index contributed by atoms with van der Waals surface area (Å²) in [4.78, 5) is 4.31. The summed E-state index contributed by atoms with van der Waals surface area (Å²) in [5.74, 6) is 0.982. The van der Waals surface area contributed by atoms with Crippen LogP contribution in [0.15, 0.2) is 16.9 Å². The second kappa shape index (κ2) is 4.51. The number of nitrogens with two attached hydrogens (primary N) is 1. The molecule has 0 aliphatic carbocycles. The Morgan fingerprint density at radius 3 is 3.11 bits per heavy atom. The highest BCUT2D eigenvalue weighted by Crippen LogP contribution is 2.27. The topological polar surface area (TPSA) is 92.0 Å². The minimum atomic E-state index is -0.443. The van der Waals surface area contributed by atoms with Gasteiger partial charge in [0.25, 0.3) is 0 Å². The lowest BCUT2D eigenvalue weighted by atomic mass is 10.2. The standard InChI is InChI=1S/C11H15N5O2/c1-16-6-7(5-13-16)9(12)11-14-10(15-18-11)8-3-2-4-17-8/h5-6,8-9H,2-4,12H2,1H3. The van der Waals surface area contributed by atoms with Gasteiger partial charge in [0, 0.05) is 25.4 Å². The molecule has 3 rings (SSSR count). The predicted molar refractivity (Wildman–Crippen MR) is 61.5 cm³/mol. The van der Waals surface area contributed by atoms with E-state index in [9.17, 15) is 0 Å². The van der Waals surface area contributed by atoms with Gasteiger partial charge in [-0.05, 0) is 12.8 Å². The van der Waals surface area contributed by atoms with Crippen molar-refractivity contribution < 1.29 is 9.26 Å². The monoisotopic (exact) mass is 249 g/mol. The summed E-state index contributed by atoms with van der Waals surface area (Å²) in [5.41, 5.74) is 6.90. The van der Waals surface area contributed by atoms with Crippen LogP contribution in [0.4, 0.5) is 0 Å². The number of hydrogen-bond donors (Lipinski definition) is 1. The van der Waals surface area contributed by atoms with Crippen molar-refractivity contribution in [3.8, 4) is 0 Å². The van der Waals surface area contributed by atoms with Crippen LogP contribution >= 0.6 is 0 Å². The van der Waals surface area contributed by atoms with Crippen LogP contribution in [-0.2, 0) is 11.8 Å². The fourth-order valence-electron chi connectivity index (χ4n) is 2.03. The molecule has 0 saturated carbocycles. The van der Waals surface area contributed by atoms with Gasteiger partial charge in [0.1, 0.15) is 12.1 Å². The van der Waals surface area contributed by atoms with Gasteiger partial charge in [0.15, 0.2) is 0 Å². The van der Waals surface area contributed by atoms with Gasteiger partial charge in [-0.2, -0.15) is 10.1 Å². The van der Waals surface area contributed by atoms with Gasteiger partial charge in [0.05, 0.1) is 6.20 Å². The molecule has 7 heteroatoms. The summed E-state index contributed by atoms with van der Waals surface area (Å²) in [5, 5.41) is 8.00. The van der Waals surface area contributed by atoms with Crippen molar-refractivity contribution in [1.29, 1.82) is 0 Å². The third-order valence-corrected chi connectivity index (χ3v) is 3.03. The molecule has 18 heavy (non-hydrogen) atoms. The summed E-state index contributed by atoms with van der Waals surface area (Å²) < 4.78 is 12.4. The van der Waals surface area contributed by atoms with E-state index in [0.29, 0.717) is 11.7 Å². The van der Waals surface area contributed by atoms with Crippen LogP contribution in [0.25, 0.3) is 0 Å². The molecule has 1 fully saturated rings. The Kier molecular flexibility index (Phi) is 2.85. The van der Waals surface area contributed by atoms with Crippen LogP contribution in [0.5, 0.6) is 0 Å². The summed E-state index contributed by atoms with van der Waals surface area (Å²) in [6.45, 7) is 0.753. The summed E-state index contributed by atoms with van der Waals surface area (Å²) >= 11 is 0. The van der Waals surface area contributed by atoms with Gasteiger partial charge in [-0.1, -0.05) is 5.16 Å². The van der Waals surface area contributed by atoms with Gasteiger partial charge in [-0.15, -0.1) is 0 Å². The molecule has 1 saturated heterocycles. The van der Waals surface area contributed by atoms with Gasteiger partial charge in [0.2, 0.25) is 11.7 Å². The maximum atomic E-state index is 6.05. The Balaban J connectivity index is 1.80. The largest absolute Gasteiger partial charge is 0.370 e. The molecule has 0 radical (unpaired) electrons. The van der Waals surface area contributed by atoms with Crippen molar-refractivity contribution in [3.05, 3.63) is 29.7 Å². The third-order valence-electron chi connectivity index (χ3n) is 3.03. The Morgan fingerprint density at radius 2 is 2.44 bits per heavy atom. The number of nitrogens with zero attached hydrogens (tertiary/aromatic N) is 4. The number of rotatable bonds is 3. The minimum absolute atomic E-state index is 0.0522. The molecule has 0 bridgehead atoms. The number of aromatic nitrogens is 4. The Labute approximate surface area is 104 Å². The van der Waals surface area contributed by atoms with Crippen LogP contribution in [0, 0.1) is 0 Å². The maximum absolute atomic E-state index is 6.05. The fourth-order valence-corrected chi connectivity index (χ4v) is 2.03. The van der Waals surface area contributed by atoms with Crippen molar-refractivity contribution in [1.82, 2.24) is 19.9 Å². The first-order valence-corrected chi connectivity index (χ1v) is 5.93. The Hall–Kier alpha value is -1.73. The molecule has 1 aliphatic heterocycles. The van der Waals surface area contributed by atoms with E-state index >= 15 is 0 Å². The minimum Gasteiger partial charge on any atom is -0.370 e. The SMILES string of the molecule is Cn1cc(C(N)c2nc(C3CCCO3)no2)cn1. The van der Waals surface area contributed by atoms with Crippen molar-refractivity contribution in [3.63, 3.8) is 0 Å². The maximum Gasteiger partial charge on any atom is 0.248 e. The molecule has 3 heterocycles. The fraction of sp³-hybridized carbons (Fsp3) is 0.545. The van der Waals surface area contributed by atoms with Gasteiger partial charge < -0.3 is 15.0 Å². The van der Waals surface area contributed by atoms with Gasteiger partial charge in [-0.3, -0.25) is 4.68 Å². The summed E-state index contributed by atoms with van der Waals surface area (Å²) in [7, 11) is 1.84. The lowest BCUT2D eigenvalue weighted by Gasteiger charge is -2.03. The van der Waals surface area contributed by atoms with E-state index in [1.54, 1.807) is 10.9 Å². The van der Waals surface area contributed by atoms with Crippen LogP contribution in [0.3, 0.4) is 0 Å². The molecule has 2 aromatic rings. The second-order valence-electron chi connectivity index (χ2n) is 4.42. The number of ether oxygens (including phenoxy) is 1. The Morgan fingerprint density at radius 1 is 1.56 bits per heavy atom. The first-order valence-electron chi connectivity index (χ1n) is 5.93. The molecule has 0 aromatic carbocycles. The zero-order valence-electron chi connectivity index (χ0n) is 10.1. The van der Waals surface area contributed by atoms with Crippen molar-refractivity contribution in [2.45, 2.75) is 25.0 Å². The zero-order valence-corrected chi connectivity index (χ0v) is 10.1. The molecule has 2 unspecified atom stereocenters. The van der Waals surface area contributed by atoms with E-state index in [2.05, 4.69) is 15.2 Å². The van der Waals surface area contributed by atoms with Crippen molar-refractivity contribution >= 4 is 0 Å². The molecule has 2 atom stereocenters. The molecule has 2 aromatic heterocycles. The quantitative estimate of drug-likeness (QED) is 0.861. The van der Waals surface area contributed by atoms with Crippen LogP contribution in [0.2, 0.25) is 0 Å². The van der Waals surface area contributed by atoms with Crippen molar-refractivity contribution in [2.75, 3.05) is 6.61 Å². The average Bonchev–Trinajstić information content (AvgIpc) is 3.09. The van der Waals surface area contributed by atoms with Gasteiger partial charge >= 0.3 is 0 Å². The lowest BCUT2D eigenvalue weighted by molar-refractivity contribution is 0.103. The number of aryl methyl sites for hydroxylation is 1. The highest BCUT2D eigenvalue weighted by Gasteiger charge is 2.25. The summed E-state index contributed by atoms with van der Waals surface area (Å²) in [6.07, 6.45) is 5.44. The highest BCUT2D eigenvalue weighted by molar-refractivity contribution is 5.17. The Bertz CT molecular complexity index is 529. The smallest absolute Gasteiger partial charge is 0.248 e. The molecule has 96 valence electrons. The van der Waals surface area contributed by atoms with E-state index in [1.165, 1.54) is 0 Å². The first kappa shape index (κ1) is 11.4. The zero-order chi connectivity index (χ0) is 12.5. The van der Waals surface area contributed by atoms with E-state index in [-0.39, 0.29) is 6.10 Å². The van der Waals surface area contributed by atoms with E-state index < -0.39 is 6.04 Å². The number of hydrogen-bond acceptors (Lipinski definition) is 6. The molecule has 1 aliphatic rings. The van der Waals surface area contributed by atoms with E-state index in [4.69, 9.17) is 15.0 Å². The predicted octanol–water partition coefficient (Wildman–Crippen LogP) is 0.703. The molecular weight excluding hydrogens is 234 g/mol.